The van der Waals surface area contributed by atoms with Crippen LogP contribution in [0.15, 0.2) is 17.0 Å². The summed E-state index contributed by atoms with van der Waals surface area (Å²) in [6.07, 6.45) is 2.23. The summed E-state index contributed by atoms with van der Waals surface area (Å²) < 4.78 is 26.1. The van der Waals surface area contributed by atoms with Crippen molar-refractivity contribution < 1.29 is 13.2 Å². The van der Waals surface area contributed by atoms with Crippen molar-refractivity contribution >= 4 is 32.4 Å². The second-order valence-corrected chi connectivity index (χ2v) is 9.51. The summed E-state index contributed by atoms with van der Waals surface area (Å²) in [6.45, 7) is 3.52. The number of benzene rings is 1. The van der Waals surface area contributed by atoms with Crippen molar-refractivity contribution in [2.45, 2.75) is 37.5 Å². The molecule has 0 bridgehead atoms. The van der Waals surface area contributed by atoms with E-state index in [9.17, 15) is 13.2 Å². The van der Waals surface area contributed by atoms with Gasteiger partial charge in [0.25, 0.3) is 5.91 Å². The number of hydrogen-bond donors (Lipinski definition) is 1. The van der Waals surface area contributed by atoms with Gasteiger partial charge in [-0.25, -0.2) is 12.7 Å². The molecule has 1 amide bonds. The number of anilines is 1. The molecule has 0 aliphatic heterocycles. The fourth-order valence-corrected chi connectivity index (χ4v) is 4.50. The van der Waals surface area contributed by atoms with E-state index < -0.39 is 15.9 Å². The van der Waals surface area contributed by atoms with Crippen LogP contribution in [0.25, 0.3) is 0 Å². The van der Waals surface area contributed by atoms with Crippen molar-refractivity contribution in [2.75, 3.05) is 19.4 Å². The molecule has 2 aromatic rings. The Morgan fingerprint density at radius 3 is 2.52 bits per heavy atom. The number of nitrogens with zero attached hydrogens (tertiary/aromatic N) is 3. The van der Waals surface area contributed by atoms with Crippen molar-refractivity contribution in [3.63, 3.8) is 0 Å². The standard InChI is InChI=1S/C16H20N4O3S2/c1-9-7-12(8-13(10(9)2)25(22,23)20(3)4)14(21)17-16-19-18-15(24-16)11-5-6-11/h7-8,11H,5-6H2,1-4H3,(H,17,19,21). The molecule has 0 radical (unpaired) electrons. The minimum atomic E-state index is -3.63. The molecular formula is C16H20N4O3S2. The summed E-state index contributed by atoms with van der Waals surface area (Å²) in [5.41, 5.74) is 1.66. The van der Waals surface area contributed by atoms with Gasteiger partial charge in [0.05, 0.1) is 4.90 Å². The Morgan fingerprint density at radius 1 is 1.24 bits per heavy atom. The lowest BCUT2D eigenvalue weighted by atomic mass is 10.1. The van der Waals surface area contributed by atoms with Crippen molar-refractivity contribution in [1.29, 1.82) is 0 Å². The van der Waals surface area contributed by atoms with Gasteiger partial charge in [0, 0.05) is 25.6 Å². The number of hydrogen-bond acceptors (Lipinski definition) is 6. The van der Waals surface area contributed by atoms with E-state index in [1.165, 1.54) is 31.5 Å². The van der Waals surface area contributed by atoms with Gasteiger partial charge in [-0.3, -0.25) is 10.1 Å². The Morgan fingerprint density at radius 2 is 1.92 bits per heavy atom. The predicted octanol–water partition coefficient (Wildman–Crippen LogP) is 2.53. The number of sulfonamides is 1. The summed E-state index contributed by atoms with van der Waals surface area (Å²) in [6, 6.07) is 3.10. The molecule has 1 fully saturated rings. The smallest absolute Gasteiger partial charge is 0.257 e. The highest BCUT2D eigenvalue weighted by molar-refractivity contribution is 7.89. The van der Waals surface area contributed by atoms with Gasteiger partial charge in [-0.1, -0.05) is 11.3 Å². The van der Waals surface area contributed by atoms with Gasteiger partial charge in [0.2, 0.25) is 15.2 Å². The molecule has 1 aliphatic rings. The first-order chi connectivity index (χ1) is 11.7. The summed E-state index contributed by atoms with van der Waals surface area (Å²) >= 11 is 1.37. The van der Waals surface area contributed by atoms with Crippen LogP contribution in [-0.4, -0.2) is 42.9 Å². The van der Waals surface area contributed by atoms with E-state index in [-0.39, 0.29) is 10.5 Å². The molecule has 25 heavy (non-hydrogen) atoms. The van der Waals surface area contributed by atoms with Crippen molar-refractivity contribution in [2.24, 2.45) is 0 Å². The first-order valence-corrected chi connectivity index (χ1v) is 10.1. The summed E-state index contributed by atoms with van der Waals surface area (Å²) in [5.74, 6) is 0.0819. The molecule has 0 spiro atoms. The Bertz CT molecular complexity index is 931. The van der Waals surface area contributed by atoms with Gasteiger partial charge in [-0.15, -0.1) is 10.2 Å². The topological polar surface area (TPSA) is 92.3 Å². The van der Waals surface area contributed by atoms with Crippen LogP contribution >= 0.6 is 11.3 Å². The summed E-state index contributed by atoms with van der Waals surface area (Å²) in [7, 11) is -0.690. The number of aromatic nitrogens is 2. The molecule has 0 atom stereocenters. The average Bonchev–Trinajstić information content (AvgIpc) is 3.29. The Hall–Kier alpha value is -1.84. The number of amides is 1. The van der Waals surface area contributed by atoms with E-state index >= 15 is 0 Å². The molecule has 1 N–H and O–H groups in total. The largest absolute Gasteiger partial charge is 0.296 e. The zero-order valence-corrected chi connectivity index (χ0v) is 16.2. The normalized spacial score (nSPS) is 14.8. The molecule has 134 valence electrons. The maximum Gasteiger partial charge on any atom is 0.257 e. The Balaban J connectivity index is 1.90. The van der Waals surface area contributed by atoms with E-state index in [2.05, 4.69) is 15.5 Å². The van der Waals surface area contributed by atoms with Gasteiger partial charge in [-0.2, -0.15) is 0 Å². The molecule has 1 saturated carbocycles. The van der Waals surface area contributed by atoms with E-state index in [1.807, 2.05) is 0 Å². The Labute approximate surface area is 151 Å². The second kappa shape index (κ2) is 6.47. The molecule has 1 heterocycles. The highest BCUT2D eigenvalue weighted by Crippen LogP contribution is 2.42. The summed E-state index contributed by atoms with van der Waals surface area (Å²) in [5, 5.41) is 12.2. The highest BCUT2D eigenvalue weighted by atomic mass is 32.2. The molecule has 1 aromatic heterocycles. The number of nitrogens with one attached hydrogen (secondary N) is 1. The SMILES string of the molecule is Cc1cc(C(=O)Nc2nnc(C3CC3)s2)cc(S(=O)(=O)N(C)C)c1C. The Kier molecular flexibility index (Phi) is 4.65. The molecule has 7 nitrogen and oxygen atoms in total. The number of carbonyl (C=O) groups excluding carboxylic acids is 1. The molecule has 0 unspecified atom stereocenters. The summed E-state index contributed by atoms with van der Waals surface area (Å²) in [4.78, 5) is 12.7. The van der Waals surface area contributed by atoms with Gasteiger partial charge in [0.1, 0.15) is 5.01 Å². The third kappa shape index (κ3) is 3.58. The van der Waals surface area contributed by atoms with Crippen LogP contribution in [0.1, 0.15) is 45.3 Å². The van der Waals surface area contributed by atoms with Crippen LogP contribution in [0.2, 0.25) is 0 Å². The fraction of sp³-hybridized carbons (Fsp3) is 0.438. The molecule has 0 saturated heterocycles. The van der Waals surface area contributed by atoms with Crippen LogP contribution in [-0.2, 0) is 10.0 Å². The average molecular weight is 380 g/mol. The molecule has 1 aliphatic carbocycles. The maximum atomic E-state index is 12.5. The minimum Gasteiger partial charge on any atom is -0.296 e. The van der Waals surface area contributed by atoms with Gasteiger partial charge in [-0.05, 0) is 49.9 Å². The number of rotatable bonds is 5. The van der Waals surface area contributed by atoms with Gasteiger partial charge in [0.15, 0.2) is 0 Å². The molecule has 9 heteroatoms. The van der Waals surface area contributed by atoms with E-state index in [0.29, 0.717) is 16.6 Å². The van der Waals surface area contributed by atoms with Crippen LogP contribution in [0.4, 0.5) is 5.13 Å². The number of aryl methyl sites for hydroxylation is 1. The van der Waals surface area contributed by atoms with Gasteiger partial charge >= 0.3 is 0 Å². The lowest BCUT2D eigenvalue weighted by Crippen LogP contribution is -2.24. The quantitative estimate of drug-likeness (QED) is 0.860. The molecule has 3 rings (SSSR count). The fourth-order valence-electron chi connectivity index (χ4n) is 2.37. The van der Waals surface area contributed by atoms with E-state index in [4.69, 9.17) is 0 Å². The third-order valence-electron chi connectivity index (χ3n) is 4.23. The van der Waals surface area contributed by atoms with Gasteiger partial charge < -0.3 is 0 Å². The first-order valence-electron chi connectivity index (χ1n) is 7.88. The van der Waals surface area contributed by atoms with E-state index in [0.717, 1.165) is 27.7 Å². The van der Waals surface area contributed by atoms with E-state index in [1.54, 1.807) is 19.9 Å². The van der Waals surface area contributed by atoms with Crippen LogP contribution in [0.5, 0.6) is 0 Å². The third-order valence-corrected chi connectivity index (χ3v) is 7.17. The number of carbonyl (C=O) groups is 1. The van der Waals surface area contributed by atoms with Crippen LogP contribution in [0.3, 0.4) is 0 Å². The zero-order chi connectivity index (χ0) is 18.4. The molecular weight excluding hydrogens is 360 g/mol. The first kappa shape index (κ1) is 18.0. The predicted molar refractivity (Wildman–Crippen MR) is 96.6 cm³/mol. The van der Waals surface area contributed by atoms with Crippen molar-refractivity contribution in [1.82, 2.24) is 14.5 Å². The maximum absolute atomic E-state index is 12.5. The van der Waals surface area contributed by atoms with Crippen LogP contribution in [0, 0.1) is 13.8 Å². The lowest BCUT2D eigenvalue weighted by molar-refractivity contribution is 0.102. The van der Waals surface area contributed by atoms with Crippen LogP contribution < -0.4 is 5.32 Å². The lowest BCUT2D eigenvalue weighted by Gasteiger charge is -2.16. The van der Waals surface area contributed by atoms with Crippen molar-refractivity contribution in [3.8, 4) is 0 Å². The minimum absolute atomic E-state index is 0.138. The molecule has 1 aromatic carbocycles. The zero-order valence-electron chi connectivity index (χ0n) is 14.5. The highest BCUT2D eigenvalue weighted by Gasteiger charge is 2.28. The van der Waals surface area contributed by atoms with Crippen molar-refractivity contribution in [3.05, 3.63) is 33.8 Å². The monoisotopic (exact) mass is 380 g/mol. The second-order valence-electron chi connectivity index (χ2n) is 6.38.